The molecule has 0 fully saturated rings. The maximum atomic E-state index is 9.53. The van der Waals surface area contributed by atoms with Gasteiger partial charge in [0.15, 0.2) is 5.82 Å². The van der Waals surface area contributed by atoms with Crippen LogP contribution < -0.4 is 15.4 Å². The van der Waals surface area contributed by atoms with Crippen LogP contribution in [0.2, 0.25) is 0 Å². The molecule has 3 heterocycles. The normalized spacial score (nSPS) is 10.7. The van der Waals surface area contributed by atoms with E-state index in [-0.39, 0.29) is 0 Å². The summed E-state index contributed by atoms with van der Waals surface area (Å²) in [6.45, 7) is 10.9. The largest absolute Gasteiger partial charge is 0.490 e. The Bertz CT molecular complexity index is 1070. The quantitative estimate of drug-likeness (QED) is 0.478. The Kier molecular flexibility index (Phi) is 6.52. The van der Waals surface area contributed by atoms with Crippen LogP contribution in [-0.4, -0.2) is 33.3 Å². The van der Waals surface area contributed by atoms with Crippen molar-refractivity contribution in [3.05, 3.63) is 52.5 Å². The summed E-state index contributed by atoms with van der Waals surface area (Å²) in [5.74, 6) is 2.93. The second kappa shape index (κ2) is 9.27. The summed E-state index contributed by atoms with van der Waals surface area (Å²) in [7, 11) is 0. The highest BCUT2D eigenvalue weighted by molar-refractivity contribution is 5.63. The van der Waals surface area contributed by atoms with E-state index in [1.165, 1.54) is 0 Å². The number of nitriles is 1. The van der Waals surface area contributed by atoms with E-state index < -0.39 is 0 Å². The molecule has 0 bridgehead atoms. The average Bonchev–Trinajstić information content (AvgIpc) is 3.15. The van der Waals surface area contributed by atoms with Crippen molar-refractivity contribution in [2.45, 2.75) is 40.5 Å². The lowest BCUT2D eigenvalue weighted by Crippen LogP contribution is -2.15. The van der Waals surface area contributed by atoms with Gasteiger partial charge in [-0.3, -0.25) is 10.1 Å². The summed E-state index contributed by atoms with van der Waals surface area (Å²) >= 11 is 0. The molecule has 30 heavy (non-hydrogen) atoms. The molecule has 0 atom stereocenters. The summed E-state index contributed by atoms with van der Waals surface area (Å²) in [6.07, 6.45) is 0. The fraction of sp³-hybridized carbons (Fsp3) is 0.364. The molecular weight excluding hydrogens is 378 g/mol. The number of aromatic nitrogens is 4. The van der Waals surface area contributed by atoms with E-state index >= 15 is 0 Å². The molecule has 3 aromatic heterocycles. The molecule has 0 aliphatic rings. The van der Waals surface area contributed by atoms with E-state index in [0.717, 1.165) is 28.4 Å². The highest BCUT2D eigenvalue weighted by Gasteiger charge is 2.12. The summed E-state index contributed by atoms with van der Waals surface area (Å²) < 4.78 is 5.80. The van der Waals surface area contributed by atoms with E-state index in [2.05, 4.69) is 50.7 Å². The topological polar surface area (TPSA) is 112 Å². The van der Waals surface area contributed by atoms with Gasteiger partial charge in [-0.05, 0) is 50.5 Å². The van der Waals surface area contributed by atoms with Crippen molar-refractivity contribution in [3.8, 4) is 11.8 Å². The molecule has 8 nitrogen and oxygen atoms in total. The van der Waals surface area contributed by atoms with Gasteiger partial charge in [-0.15, -0.1) is 0 Å². The molecule has 0 saturated carbocycles. The smallest absolute Gasteiger partial charge is 0.153 e. The van der Waals surface area contributed by atoms with Crippen molar-refractivity contribution in [3.63, 3.8) is 0 Å². The van der Waals surface area contributed by atoms with Gasteiger partial charge in [0.1, 0.15) is 30.1 Å². The SMILES string of the molecule is Cc1ccc(OCCNc2nc(Nc3cc(C(C)C)[nH]n3)cc(C)c2C#N)c(C)n1. The van der Waals surface area contributed by atoms with Gasteiger partial charge in [-0.2, -0.15) is 10.4 Å². The van der Waals surface area contributed by atoms with Gasteiger partial charge in [-0.1, -0.05) is 13.8 Å². The van der Waals surface area contributed by atoms with Gasteiger partial charge in [0, 0.05) is 17.5 Å². The first-order chi connectivity index (χ1) is 14.4. The lowest BCUT2D eigenvalue weighted by Gasteiger charge is -2.13. The average molecular weight is 406 g/mol. The van der Waals surface area contributed by atoms with E-state index in [1.807, 2.05) is 45.0 Å². The van der Waals surface area contributed by atoms with Crippen LogP contribution in [0.25, 0.3) is 0 Å². The number of hydrogen-bond acceptors (Lipinski definition) is 7. The number of hydrogen-bond donors (Lipinski definition) is 3. The molecule has 0 unspecified atom stereocenters. The number of H-pyrrole nitrogens is 1. The summed E-state index contributed by atoms with van der Waals surface area (Å²) in [6, 6.07) is 9.86. The molecule has 8 heteroatoms. The molecular formula is C22H27N7O. The standard InChI is InChI=1S/C22H27N7O/c1-13(2)18-11-21(29-28-18)26-20-10-14(3)17(12-23)22(27-20)24-8-9-30-19-7-6-15(4)25-16(19)5/h6-7,10-11,13H,8-9H2,1-5H3,(H3,24,26,27,28,29). The molecule has 0 aliphatic heterocycles. The molecule has 3 aromatic rings. The zero-order chi connectivity index (χ0) is 21.7. The number of nitrogens with zero attached hydrogens (tertiary/aromatic N) is 4. The van der Waals surface area contributed by atoms with Crippen LogP contribution in [0.3, 0.4) is 0 Å². The lowest BCUT2D eigenvalue weighted by molar-refractivity contribution is 0.328. The number of rotatable bonds is 8. The minimum atomic E-state index is 0.355. The van der Waals surface area contributed by atoms with E-state index in [0.29, 0.717) is 42.1 Å². The predicted octanol–water partition coefficient (Wildman–Crippen LogP) is 4.35. The molecule has 0 amide bonds. The Morgan fingerprint density at radius 1 is 1.13 bits per heavy atom. The Labute approximate surface area is 176 Å². The fourth-order valence-electron chi connectivity index (χ4n) is 2.99. The van der Waals surface area contributed by atoms with Crippen LogP contribution in [0.15, 0.2) is 24.3 Å². The van der Waals surface area contributed by atoms with Crippen LogP contribution >= 0.6 is 0 Å². The van der Waals surface area contributed by atoms with E-state index in [4.69, 9.17) is 4.74 Å². The molecule has 0 radical (unpaired) electrons. The van der Waals surface area contributed by atoms with Crippen molar-refractivity contribution in [1.29, 1.82) is 5.26 Å². The first-order valence-electron chi connectivity index (χ1n) is 9.92. The molecule has 3 rings (SSSR count). The third-order valence-corrected chi connectivity index (χ3v) is 4.63. The summed E-state index contributed by atoms with van der Waals surface area (Å²) in [5.41, 5.74) is 4.19. The minimum Gasteiger partial charge on any atom is -0.490 e. The molecule has 0 spiro atoms. The van der Waals surface area contributed by atoms with Crippen LogP contribution in [0.1, 0.15) is 48.0 Å². The van der Waals surface area contributed by atoms with Crippen LogP contribution in [0.4, 0.5) is 17.5 Å². The maximum absolute atomic E-state index is 9.53. The number of nitrogens with one attached hydrogen (secondary N) is 3. The molecule has 0 aromatic carbocycles. The maximum Gasteiger partial charge on any atom is 0.153 e. The van der Waals surface area contributed by atoms with Crippen molar-refractivity contribution in [1.82, 2.24) is 20.2 Å². The van der Waals surface area contributed by atoms with Gasteiger partial charge in [0.25, 0.3) is 0 Å². The van der Waals surface area contributed by atoms with Gasteiger partial charge >= 0.3 is 0 Å². The minimum absolute atomic E-state index is 0.355. The Hall–Kier alpha value is -3.60. The number of ether oxygens (including phenoxy) is 1. The first-order valence-corrected chi connectivity index (χ1v) is 9.92. The van der Waals surface area contributed by atoms with Crippen LogP contribution in [0, 0.1) is 32.1 Å². The highest BCUT2D eigenvalue weighted by atomic mass is 16.5. The van der Waals surface area contributed by atoms with Crippen molar-refractivity contribution < 1.29 is 4.74 Å². The molecule has 3 N–H and O–H groups in total. The van der Waals surface area contributed by atoms with Gasteiger partial charge in [0.05, 0.1) is 17.8 Å². The van der Waals surface area contributed by atoms with Crippen molar-refractivity contribution in [2.24, 2.45) is 0 Å². The van der Waals surface area contributed by atoms with Gasteiger partial charge < -0.3 is 15.4 Å². The second-order valence-electron chi connectivity index (χ2n) is 7.46. The summed E-state index contributed by atoms with van der Waals surface area (Å²) in [5, 5.41) is 23.2. The van der Waals surface area contributed by atoms with E-state index in [9.17, 15) is 5.26 Å². The Morgan fingerprint density at radius 2 is 1.93 bits per heavy atom. The zero-order valence-electron chi connectivity index (χ0n) is 18.0. The molecule has 0 saturated heterocycles. The molecule has 0 aliphatic carbocycles. The van der Waals surface area contributed by atoms with Gasteiger partial charge in [-0.25, -0.2) is 4.98 Å². The number of aryl methyl sites for hydroxylation is 3. The third-order valence-electron chi connectivity index (χ3n) is 4.63. The molecule has 156 valence electrons. The summed E-state index contributed by atoms with van der Waals surface area (Å²) in [4.78, 5) is 8.96. The number of pyridine rings is 2. The zero-order valence-corrected chi connectivity index (χ0v) is 18.0. The fourth-order valence-corrected chi connectivity index (χ4v) is 2.99. The Morgan fingerprint density at radius 3 is 2.60 bits per heavy atom. The van der Waals surface area contributed by atoms with E-state index in [1.54, 1.807) is 0 Å². The Balaban J connectivity index is 1.67. The third kappa shape index (κ3) is 5.06. The van der Waals surface area contributed by atoms with Crippen molar-refractivity contribution in [2.75, 3.05) is 23.8 Å². The predicted molar refractivity (Wildman–Crippen MR) is 117 cm³/mol. The van der Waals surface area contributed by atoms with Crippen LogP contribution in [0.5, 0.6) is 5.75 Å². The highest BCUT2D eigenvalue weighted by Crippen LogP contribution is 2.24. The van der Waals surface area contributed by atoms with Crippen LogP contribution in [-0.2, 0) is 0 Å². The first kappa shape index (κ1) is 21.1. The lowest BCUT2D eigenvalue weighted by atomic mass is 10.1. The number of aromatic amines is 1. The monoisotopic (exact) mass is 405 g/mol. The second-order valence-corrected chi connectivity index (χ2v) is 7.46. The van der Waals surface area contributed by atoms with Crippen molar-refractivity contribution >= 4 is 17.5 Å². The number of anilines is 3. The van der Waals surface area contributed by atoms with Gasteiger partial charge in [0.2, 0.25) is 0 Å².